The summed E-state index contributed by atoms with van der Waals surface area (Å²) in [7, 11) is -3.38. The van der Waals surface area contributed by atoms with E-state index >= 15 is 0 Å². The molecule has 7 heteroatoms. The van der Waals surface area contributed by atoms with E-state index in [2.05, 4.69) is 9.62 Å². The molecular weight excluding hydrogens is 302 g/mol. The molecule has 1 atom stereocenters. The van der Waals surface area contributed by atoms with Gasteiger partial charge in [0, 0.05) is 19.1 Å². The number of carbonyl (C=O) groups excluding carboxylic acids is 1. The molecule has 0 aromatic rings. The Morgan fingerprint density at radius 1 is 1.14 bits per heavy atom. The first-order chi connectivity index (χ1) is 10.2. The van der Waals surface area contributed by atoms with Crippen molar-refractivity contribution in [2.75, 3.05) is 32.4 Å². The maximum absolute atomic E-state index is 12.5. The molecule has 6 nitrogen and oxygen atoms in total. The van der Waals surface area contributed by atoms with Crippen LogP contribution < -0.4 is 4.72 Å². The highest BCUT2D eigenvalue weighted by Crippen LogP contribution is 2.10. The lowest BCUT2D eigenvalue weighted by Gasteiger charge is -2.32. The summed E-state index contributed by atoms with van der Waals surface area (Å²) in [6, 6.07) is -0.662. The van der Waals surface area contributed by atoms with Gasteiger partial charge in [0.05, 0.1) is 12.3 Å². The van der Waals surface area contributed by atoms with Gasteiger partial charge in [-0.1, -0.05) is 12.8 Å². The SMILES string of the molecule is CC(NS(C)(=O)=O)C(=O)N(CCN1CCCCCC1)C(C)C. The molecule has 1 heterocycles. The molecule has 0 saturated carbocycles. The first-order valence-electron chi connectivity index (χ1n) is 8.21. The molecule has 0 spiro atoms. The van der Waals surface area contributed by atoms with Gasteiger partial charge in [0.15, 0.2) is 0 Å². The number of nitrogens with zero attached hydrogens (tertiary/aromatic N) is 2. The van der Waals surface area contributed by atoms with Crippen molar-refractivity contribution in [2.24, 2.45) is 0 Å². The van der Waals surface area contributed by atoms with Gasteiger partial charge in [-0.05, 0) is 46.7 Å². The van der Waals surface area contributed by atoms with Crippen molar-refractivity contribution in [2.45, 2.75) is 58.5 Å². The second kappa shape index (κ2) is 8.84. The number of hydrogen-bond acceptors (Lipinski definition) is 4. The van der Waals surface area contributed by atoms with E-state index in [1.807, 2.05) is 13.8 Å². The smallest absolute Gasteiger partial charge is 0.240 e. The van der Waals surface area contributed by atoms with Crippen LogP contribution in [0.25, 0.3) is 0 Å². The molecule has 0 aliphatic carbocycles. The Morgan fingerprint density at radius 2 is 1.68 bits per heavy atom. The lowest BCUT2D eigenvalue weighted by molar-refractivity contribution is -0.134. The third kappa shape index (κ3) is 7.07. The summed E-state index contributed by atoms with van der Waals surface area (Å²) in [4.78, 5) is 16.7. The minimum absolute atomic E-state index is 0.0586. The Balaban J connectivity index is 2.58. The molecule has 22 heavy (non-hydrogen) atoms. The summed E-state index contributed by atoms with van der Waals surface area (Å²) < 4.78 is 25.0. The van der Waals surface area contributed by atoms with Crippen LogP contribution in [-0.4, -0.2) is 68.6 Å². The number of rotatable bonds is 7. The average molecular weight is 333 g/mol. The van der Waals surface area contributed by atoms with Gasteiger partial charge < -0.3 is 9.80 Å². The number of likely N-dealkylation sites (tertiary alicyclic amines) is 1. The Morgan fingerprint density at radius 3 is 2.14 bits per heavy atom. The average Bonchev–Trinajstić information content (AvgIpc) is 2.65. The Hall–Kier alpha value is -0.660. The van der Waals surface area contributed by atoms with Crippen LogP contribution in [0.3, 0.4) is 0 Å². The second-order valence-corrected chi connectivity index (χ2v) is 8.27. The van der Waals surface area contributed by atoms with Gasteiger partial charge in [-0.25, -0.2) is 13.1 Å². The largest absolute Gasteiger partial charge is 0.338 e. The van der Waals surface area contributed by atoms with Crippen molar-refractivity contribution in [3.05, 3.63) is 0 Å². The molecule has 0 aromatic heterocycles. The van der Waals surface area contributed by atoms with Crippen LogP contribution in [0.1, 0.15) is 46.5 Å². The van der Waals surface area contributed by atoms with Gasteiger partial charge in [-0.15, -0.1) is 0 Å². The summed E-state index contributed by atoms with van der Waals surface area (Å²) in [5.41, 5.74) is 0. The van der Waals surface area contributed by atoms with Gasteiger partial charge in [0.2, 0.25) is 15.9 Å². The fourth-order valence-electron chi connectivity index (χ4n) is 2.85. The lowest BCUT2D eigenvalue weighted by atomic mass is 10.2. The van der Waals surface area contributed by atoms with Crippen molar-refractivity contribution in [1.82, 2.24) is 14.5 Å². The molecule has 1 aliphatic rings. The summed E-state index contributed by atoms with van der Waals surface area (Å²) in [6.45, 7) is 9.22. The van der Waals surface area contributed by atoms with Crippen LogP contribution in [0.5, 0.6) is 0 Å². The van der Waals surface area contributed by atoms with Gasteiger partial charge >= 0.3 is 0 Å². The number of nitrogens with one attached hydrogen (secondary N) is 1. The highest BCUT2D eigenvalue weighted by atomic mass is 32.2. The number of sulfonamides is 1. The van der Waals surface area contributed by atoms with E-state index in [0.717, 1.165) is 25.9 Å². The van der Waals surface area contributed by atoms with Gasteiger partial charge in [-0.2, -0.15) is 0 Å². The zero-order valence-corrected chi connectivity index (χ0v) is 15.2. The summed E-state index contributed by atoms with van der Waals surface area (Å²) in [6.07, 6.45) is 6.11. The van der Waals surface area contributed by atoms with E-state index in [0.29, 0.717) is 6.54 Å². The van der Waals surface area contributed by atoms with Crippen LogP contribution in [-0.2, 0) is 14.8 Å². The van der Waals surface area contributed by atoms with E-state index in [1.165, 1.54) is 25.7 Å². The summed E-state index contributed by atoms with van der Waals surface area (Å²) in [5, 5.41) is 0. The van der Waals surface area contributed by atoms with Gasteiger partial charge in [0.25, 0.3) is 0 Å². The predicted octanol–water partition coefficient (Wildman–Crippen LogP) is 1.04. The quantitative estimate of drug-likeness (QED) is 0.756. The second-order valence-electron chi connectivity index (χ2n) is 6.49. The third-order valence-corrected chi connectivity index (χ3v) is 4.81. The van der Waals surface area contributed by atoms with E-state index < -0.39 is 16.1 Å². The maximum atomic E-state index is 12.5. The maximum Gasteiger partial charge on any atom is 0.240 e. The fourth-order valence-corrected chi connectivity index (χ4v) is 3.60. The Kier molecular flexibility index (Phi) is 7.79. The monoisotopic (exact) mass is 333 g/mol. The molecular formula is C15H31N3O3S. The summed E-state index contributed by atoms with van der Waals surface area (Å²) >= 11 is 0. The van der Waals surface area contributed by atoms with Crippen molar-refractivity contribution in [3.8, 4) is 0 Å². The minimum atomic E-state index is -3.38. The standard InChI is InChI=1S/C15H31N3O3S/c1-13(2)18(15(19)14(3)16-22(4,20)21)12-11-17-9-7-5-6-8-10-17/h13-14,16H,5-12H2,1-4H3. The molecule has 1 aliphatic heterocycles. The van der Waals surface area contributed by atoms with Crippen LogP contribution in [0.2, 0.25) is 0 Å². The fraction of sp³-hybridized carbons (Fsp3) is 0.933. The van der Waals surface area contributed by atoms with Crippen LogP contribution in [0.4, 0.5) is 0 Å². The first kappa shape index (κ1) is 19.4. The van der Waals surface area contributed by atoms with E-state index in [1.54, 1.807) is 11.8 Å². The highest BCUT2D eigenvalue weighted by Gasteiger charge is 2.25. The number of hydrogen-bond donors (Lipinski definition) is 1. The topological polar surface area (TPSA) is 69.7 Å². The zero-order valence-electron chi connectivity index (χ0n) is 14.3. The minimum Gasteiger partial charge on any atom is -0.338 e. The van der Waals surface area contributed by atoms with E-state index in [4.69, 9.17) is 0 Å². The molecule has 0 radical (unpaired) electrons. The van der Waals surface area contributed by atoms with Crippen LogP contribution in [0, 0.1) is 0 Å². The molecule has 0 bridgehead atoms. The van der Waals surface area contributed by atoms with Gasteiger partial charge in [0.1, 0.15) is 0 Å². The molecule has 1 unspecified atom stereocenters. The third-order valence-electron chi connectivity index (χ3n) is 4.02. The Labute approximate surface area is 135 Å². The predicted molar refractivity (Wildman–Crippen MR) is 89.2 cm³/mol. The molecule has 1 amide bonds. The van der Waals surface area contributed by atoms with Crippen LogP contribution in [0.15, 0.2) is 0 Å². The molecule has 1 rings (SSSR count). The number of amides is 1. The van der Waals surface area contributed by atoms with Crippen molar-refractivity contribution >= 4 is 15.9 Å². The van der Waals surface area contributed by atoms with E-state index in [9.17, 15) is 13.2 Å². The van der Waals surface area contributed by atoms with Crippen molar-refractivity contribution < 1.29 is 13.2 Å². The van der Waals surface area contributed by atoms with Crippen LogP contribution >= 0.6 is 0 Å². The van der Waals surface area contributed by atoms with Crippen molar-refractivity contribution in [3.63, 3.8) is 0 Å². The zero-order chi connectivity index (χ0) is 16.8. The molecule has 1 saturated heterocycles. The van der Waals surface area contributed by atoms with Gasteiger partial charge in [-0.3, -0.25) is 4.79 Å². The lowest BCUT2D eigenvalue weighted by Crippen LogP contribution is -2.51. The highest BCUT2D eigenvalue weighted by molar-refractivity contribution is 7.88. The van der Waals surface area contributed by atoms with E-state index in [-0.39, 0.29) is 11.9 Å². The molecule has 0 aromatic carbocycles. The number of carbonyl (C=O) groups is 1. The molecule has 130 valence electrons. The Bertz CT molecular complexity index is 443. The first-order valence-corrected chi connectivity index (χ1v) is 10.1. The molecule has 1 fully saturated rings. The molecule has 1 N–H and O–H groups in total. The summed E-state index contributed by atoms with van der Waals surface area (Å²) in [5.74, 6) is -0.157. The van der Waals surface area contributed by atoms with Crippen molar-refractivity contribution in [1.29, 1.82) is 0 Å². The normalized spacial score (nSPS) is 19.0.